The number of anilines is 3. The number of carbonyl (C=O) groups is 2. The number of hydrogen-bond acceptors (Lipinski definition) is 7. The molecule has 3 aromatic rings. The first-order valence-corrected chi connectivity index (χ1v) is 10.2. The Labute approximate surface area is 184 Å². The van der Waals surface area contributed by atoms with Crippen LogP contribution < -0.4 is 16.4 Å². The lowest BCUT2D eigenvalue weighted by molar-refractivity contribution is -0.117. The van der Waals surface area contributed by atoms with Gasteiger partial charge in [0.05, 0.1) is 12.3 Å². The van der Waals surface area contributed by atoms with Gasteiger partial charge in [-0.3, -0.25) is 9.59 Å². The zero-order chi connectivity index (χ0) is 22.5. The van der Waals surface area contributed by atoms with Crippen molar-refractivity contribution in [3.8, 4) is 11.3 Å². The second kappa shape index (κ2) is 9.52. The van der Waals surface area contributed by atoms with Gasteiger partial charge < -0.3 is 21.1 Å². The van der Waals surface area contributed by atoms with Crippen LogP contribution in [0.4, 0.5) is 21.7 Å². The number of nitrogen functional groups attached to an aromatic ring is 1. The van der Waals surface area contributed by atoms with Crippen molar-refractivity contribution in [2.24, 2.45) is 0 Å². The van der Waals surface area contributed by atoms with Crippen molar-refractivity contribution in [3.05, 3.63) is 65.6 Å². The molecule has 6 bridgehead atoms. The van der Waals surface area contributed by atoms with Crippen LogP contribution in [0, 0.1) is 5.82 Å². The Hall–Kier alpha value is -3.85. The molecule has 0 saturated heterocycles. The fourth-order valence-corrected chi connectivity index (χ4v) is 3.32. The minimum Gasteiger partial charge on any atom is -0.398 e. The Balaban J connectivity index is 1.68. The first-order valence-electron chi connectivity index (χ1n) is 10.2. The highest BCUT2D eigenvalue weighted by atomic mass is 19.1. The van der Waals surface area contributed by atoms with Gasteiger partial charge in [0.1, 0.15) is 5.82 Å². The average molecular weight is 435 g/mol. The molecule has 0 radical (unpaired) electrons. The Morgan fingerprint density at radius 1 is 1.06 bits per heavy atom. The third-order valence-corrected chi connectivity index (χ3v) is 5.01. The zero-order valence-electron chi connectivity index (χ0n) is 17.2. The molecule has 3 heterocycles. The molecule has 0 spiro atoms. The summed E-state index contributed by atoms with van der Waals surface area (Å²) in [5, 5.41) is 5.67. The molecule has 164 valence electrons. The number of halogens is 1. The second-order valence-corrected chi connectivity index (χ2v) is 7.34. The Morgan fingerprint density at radius 3 is 2.78 bits per heavy atom. The summed E-state index contributed by atoms with van der Waals surface area (Å²) in [4.78, 5) is 33.3. The van der Waals surface area contributed by atoms with Crippen LogP contribution in [0.5, 0.6) is 0 Å². The van der Waals surface area contributed by atoms with Gasteiger partial charge in [-0.1, -0.05) is 6.07 Å². The Kier molecular flexibility index (Phi) is 6.37. The van der Waals surface area contributed by atoms with Gasteiger partial charge in [-0.2, -0.15) is 0 Å². The van der Waals surface area contributed by atoms with E-state index in [-0.39, 0.29) is 18.0 Å². The van der Waals surface area contributed by atoms with E-state index in [9.17, 15) is 14.0 Å². The highest BCUT2D eigenvalue weighted by Crippen LogP contribution is 2.27. The van der Waals surface area contributed by atoms with Crippen LogP contribution in [0.2, 0.25) is 0 Å². The van der Waals surface area contributed by atoms with Crippen LogP contribution in [-0.2, 0) is 16.1 Å². The molecule has 9 heteroatoms. The molecule has 2 aliphatic heterocycles. The van der Waals surface area contributed by atoms with Gasteiger partial charge in [0.15, 0.2) is 0 Å². The quantitative estimate of drug-likeness (QED) is 0.366. The fourth-order valence-electron chi connectivity index (χ4n) is 3.32. The zero-order valence-corrected chi connectivity index (χ0v) is 17.2. The molecule has 2 aliphatic rings. The van der Waals surface area contributed by atoms with Crippen LogP contribution >= 0.6 is 0 Å². The van der Waals surface area contributed by atoms with Crippen molar-refractivity contribution in [2.45, 2.75) is 19.4 Å². The molecule has 1 aromatic heterocycles. The number of benzene rings is 2. The largest absolute Gasteiger partial charge is 0.398 e. The molecule has 32 heavy (non-hydrogen) atoms. The third-order valence-electron chi connectivity index (χ3n) is 5.01. The number of hydrogen-bond donors (Lipinski definition) is 3. The minimum atomic E-state index is -0.695. The number of carbonyl (C=O) groups excluding carboxylic acids is 2. The van der Waals surface area contributed by atoms with E-state index in [2.05, 4.69) is 20.6 Å². The Bertz CT molecular complexity index is 1170. The molecule has 8 nitrogen and oxygen atoms in total. The molecule has 5 rings (SSSR count). The summed E-state index contributed by atoms with van der Waals surface area (Å²) in [6.07, 6.45) is 2.84. The fraction of sp³-hybridized carbons (Fsp3) is 0.217. The number of Topliss-reactive ketones (excluding diaryl/α,β-unsaturated/α-hetero) is 1. The van der Waals surface area contributed by atoms with Crippen LogP contribution in [-0.4, -0.2) is 34.8 Å². The number of nitrogens with one attached hydrogen (secondary N) is 2. The highest BCUT2D eigenvalue weighted by Gasteiger charge is 2.18. The number of nitrogens with zero attached hydrogens (tertiary/aromatic N) is 2. The molecular formula is C23H22FN5O3. The molecule has 4 N–H and O–H groups in total. The van der Waals surface area contributed by atoms with E-state index in [4.69, 9.17) is 10.5 Å². The second-order valence-electron chi connectivity index (χ2n) is 7.34. The number of ether oxygens (including phenoxy) is 1. The summed E-state index contributed by atoms with van der Waals surface area (Å²) >= 11 is 0. The minimum absolute atomic E-state index is 0.107. The smallest absolute Gasteiger partial charge is 0.292 e. The summed E-state index contributed by atoms with van der Waals surface area (Å²) in [6, 6.07) is 10.9. The van der Waals surface area contributed by atoms with Crippen LogP contribution in [0.1, 0.15) is 28.8 Å². The van der Waals surface area contributed by atoms with Gasteiger partial charge >= 0.3 is 0 Å². The third kappa shape index (κ3) is 4.89. The monoisotopic (exact) mass is 435 g/mol. The normalized spacial score (nSPS) is 15.0. The molecule has 0 saturated carbocycles. The number of rotatable bonds is 0. The van der Waals surface area contributed by atoms with Gasteiger partial charge in [0.25, 0.3) is 5.91 Å². The topological polar surface area (TPSA) is 119 Å². The predicted octanol–water partition coefficient (Wildman–Crippen LogP) is 3.22. The average Bonchev–Trinajstić information content (AvgIpc) is 2.79. The Morgan fingerprint density at radius 2 is 1.94 bits per heavy atom. The van der Waals surface area contributed by atoms with Gasteiger partial charge in [0, 0.05) is 47.4 Å². The maximum absolute atomic E-state index is 14.2. The predicted molar refractivity (Wildman–Crippen MR) is 118 cm³/mol. The van der Waals surface area contributed by atoms with Crippen LogP contribution in [0.3, 0.4) is 0 Å². The van der Waals surface area contributed by atoms with Gasteiger partial charge in [-0.25, -0.2) is 14.4 Å². The molecule has 2 aromatic carbocycles. The number of nitrogens with two attached hydrogens (primary N) is 1. The summed E-state index contributed by atoms with van der Waals surface area (Å²) in [7, 11) is 0. The molecule has 0 aliphatic carbocycles. The summed E-state index contributed by atoms with van der Waals surface area (Å²) in [5.41, 5.74) is 8.81. The van der Waals surface area contributed by atoms with Crippen LogP contribution in [0.25, 0.3) is 11.3 Å². The molecular weight excluding hydrogens is 413 g/mol. The van der Waals surface area contributed by atoms with E-state index in [0.717, 1.165) is 0 Å². The molecule has 0 atom stereocenters. The first kappa shape index (κ1) is 21.4. The van der Waals surface area contributed by atoms with Gasteiger partial charge in [0.2, 0.25) is 11.7 Å². The van der Waals surface area contributed by atoms with Crippen molar-refractivity contribution in [3.63, 3.8) is 0 Å². The van der Waals surface area contributed by atoms with E-state index in [1.165, 1.54) is 12.1 Å². The molecule has 0 fully saturated rings. The number of aromatic nitrogens is 2. The molecule has 1 amide bonds. The van der Waals surface area contributed by atoms with Gasteiger partial charge in [-0.15, -0.1) is 0 Å². The van der Waals surface area contributed by atoms with Crippen molar-refractivity contribution in [1.29, 1.82) is 0 Å². The first-order chi connectivity index (χ1) is 15.5. The van der Waals surface area contributed by atoms with E-state index in [1.807, 2.05) is 0 Å². The van der Waals surface area contributed by atoms with E-state index in [0.29, 0.717) is 60.1 Å². The number of fused-ring (bicyclic) bond motifs is 10. The summed E-state index contributed by atoms with van der Waals surface area (Å²) in [6.45, 7) is 0.832. The standard InChI is InChI=1S/C23H22FN5O3/c24-18-6-4-16-11-15(18)13-32-10-2-1-8-26-22(31)21(30)14-3-5-17(19(25)12-14)20-7-9-27-23(28-16)29-20/h3-7,9,11-12H,1-2,8,10,13,25H2,(H,26,31)(H,27,28,29). The van der Waals surface area contributed by atoms with Crippen molar-refractivity contribution >= 4 is 29.0 Å². The highest BCUT2D eigenvalue weighted by molar-refractivity contribution is 6.43. The van der Waals surface area contributed by atoms with E-state index >= 15 is 0 Å². The van der Waals surface area contributed by atoms with E-state index in [1.54, 1.807) is 36.5 Å². The van der Waals surface area contributed by atoms with Crippen molar-refractivity contribution < 1.29 is 18.7 Å². The van der Waals surface area contributed by atoms with E-state index < -0.39 is 11.7 Å². The lowest BCUT2D eigenvalue weighted by Gasteiger charge is -2.12. The number of ketones is 1. The van der Waals surface area contributed by atoms with Crippen LogP contribution in [0.15, 0.2) is 48.7 Å². The summed E-state index contributed by atoms with van der Waals surface area (Å²) < 4.78 is 19.7. The van der Waals surface area contributed by atoms with Gasteiger partial charge in [-0.05, 0) is 49.2 Å². The lowest BCUT2D eigenvalue weighted by Crippen LogP contribution is -2.32. The number of amides is 1. The maximum atomic E-state index is 14.2. The van der Waals surface area contributed by atoms with Crippen molar-refractivity contribution in [1.82, 2.24) is 15.3 Å². The molecule has 0 unspecified atom stereocenters. The lowest BCUT2D eigenvalue weighted by atomic mass is 10.0. The SMILES string of the molecule is Nc1cc2ccc1-c1ccnc(n1)Nc1ccc(F)c(c1)COCCCCNC(=O)C2=O. The summed E-state index contributed by atoms with van der Waals surface area (Å²) in [5.74, 6) is -1.42. The maximum Gasteiger partial charge on any atom is 0.292 e. The van der Waals surface area contributed by atoms with Crippen molar-refractivity contribution in [2.75, 3.05) is 24.2 Å².